The normalized spacial score (nSPS) is 10.7. The van der Waals surface area contributed by atoms with Gasteiger partial charge in [-0.3, -0.25) is 4.79 Å². The maximum absolute atomic E-state index is 11.0. The van der Waals surface area contributed by atoms with E-state index in [4.69, 9.17) is 11.6 Å². The molecule has 0 bridgehead atoms. The quantitative estimate of drug-likeness (QED) is 0.198. The highest BCUT2D eigenvalue weighted by molar-refractivity contribution is 6.67. The molecule has 4 heteroatoms. The van der Waals surface area contributed by atoms with Crippen molar-refractivity contribution in [2.24, 2.45) is 5.92 Å². The SMILES string of the molecule is CC(C)CCCCCCCCCCCCCCNc1ccc(C(=O)Cl)cc1.Cl. The van der Waals surface area contributed by atoms with Gasteiger partial charge in [0.1, 0.15) is 0 Å². The van der Waals surface area contributed by atoms with Crippen LogP contribution < -0.4 is 5.32 Å². The van der Waals surface area contributed by atoms with Crippen LogP contribution in [0.5, 0.6) is 0 Å². The van der Waals surface area contributed by atoms with Crippen molar-refractivity contribution in [2.75, 3.05) is 11.9 Å². The van der Waals surface area contributed by atoms with Crippen LogP contribution in [0.1, 0.15) is 108 Å². The van der Waals surface area contributed by atoms with Crippen molar-refractivity contribution in [1.29, 1.82) is 0 Å². The minimum absolute atomic E-state index is 0. The molecule has 1 aromatic rings. The molecule has 0 radical (unpaired) electrons. The molecule has 0 fully saturated rings. The van der Waals surface area contributed by atoms with Crippen LogP contribution in [0.3, 0.4) is 0 Å². The minimum atomic E-state index is -0.400. The van der Waals surface area contributed by atoms with Gasteiger partial charge in [0.05, 0.1) is 0 Å². The van der Waals surface area contributed by atoms with Crippen LogP contribution >= 0.6 is 24.0 Å². The zero-order valence-electron chi connectivity index (χ0n) is 18.0. The van der Waals surface area contributed by atoms with E-state index in [1.807, 2.05) is 12.1 Å². The standard InChI is InChI=1S/C24H40ClNO.ClH/c1-21(2)15-13-11-9-7-5-3-4-6-8-10-12-14-20-26-23-18-16-22(17-19-23)24(25)27;/h16-19,21,26H,3-15,20H2,1-2H3;1H. The third-order valence-electron chi connectivity index (χ3n) is 5.15. The summed E-state index contributed by atoms with van der Waals surface area (Å²) in [7, 11) is 0. The van der Waals surface area contributed by atoms with Gasteiger partial charge < -0.3 is 5.32 Å². The number of hydrogen-bond donors (Lipinski definition) is 1. The molecule has 0 aromatic heterocycles. The molecule has 0 saturated carbocycles. The zero-order chi connectivity index (χ0) is 19.7. The van der Waals surface area contributed by atoms with Crippen LogP contribution in [0, 0.1) is 5.92 Å². The van der Waals surface area contributed by atoms with Crippen LogP contribution in [0.15, 0.2) is 24.3 Å². The molecule has 0 unspecified atom stereocenters. The summed E-state index contributed by atoms with van der Waals surface area (Å²) in [6.07, 6.45) is 18.0. The van der Waals surface area contributed by atoms with E-state index in [0.29, 0.717) is 5.56 Å². The maximum Gasteiger partial charge on any atom is 0.252 e. The van der Waals surface area contributed by atoms with Gasteiger partial charge in [-0.15, -0.1) is 12.4 Å². The summed E-state index contributed by atoms with van der Waals surface area (Å²) in [6, 6.07) is 7.37. The van der Waals surface area contributed by atoms with Gasteiger partial charge in [-0.05, 0) is 48.2 Å². The lowest BCUT2D eigenvalue weighted by molar-refractivity contribution is 0.108. The average Bonchev–Trinajstić information content (AvgIpc) is 2.65. The fraction of sp³-hybridized carbons (Fsp3) is 0.708. The van der Waals surface area contributed by atoms with E-state index in [2.05, 4.69) is 19.2 Å². The Hall–Kier alpha value is -0.730. The Morgan fingerprint density at radius 2 is 1.21 bits per heavy atom. The van der Waals surface area contributed by atoms with Crippen LogP contribution in [-0.2, 0) is 0 Å². The smallest absolute Gasteiger partial charge is 0.252 e. The summed E-state index contributed by atoms with van der Waals surface area (Å²) in [5.41, 5.74) is 1.61. The van der Waals surface area contributed by atoms with Gasteiger partial charge in [0.25, 0.3) is 5.24 Å². The molecule has 0 spiro atoms. The first-order chi connectivity index (χ1) is 13.1. The van der Waals surface area contributed by atoms with Crippen LogP contribution in [-0.4, -0.2) is 11.8 Å². The van der Waals surface area contributed by atoms with Gasteiger partial charge in [-0.2, -0.15) is 0 Å². The monoisotopic (exact) mass is 429 g/mol. The van der Waals surface area contributed by atoms with E-state index in [0.717, 1.165) is 18.2 Å². The van der Waals surface area contributed by atoms with Crippen molar-refractivity contribution in [3.8, 4) is 0 Å². The summed E-state index contributed by atoms with van der Waals surface area (Å²) in [5, 5.41) is 3.00. The largest absolute Gasteiger partial charge is 0.385 e. The van der Waals surface area contributed by atoms with Crippen LogP contribution in [0.25, 0.3) is 0 Å². The van der Waals surface area contributed by atoms with Crippen LogP contribution in [0.4, 0.5) is 5.69 Å². The first-order valence-corrected chi connectivity index (χ1v) is 11.5. The van der Waals surface area contributed by atoms with Crippen molar-refractivity contribution in [2.45, 2.75) is 97.3 Å². The van der Waals surface area contributed by atoms with Crippen molar-refractivity contribution < 1.29 is 4.79 Å². The fourth-order valence-corrected chi connectivity index (χ4v) is 3.52. The summed E-state index contributed by atoms with van der Waals surface area (Å²) in [6.45, 7) is 5.63. The molecule has 0 amide bonds. The highest BCUT2D eigenvalue weighted by Gasteiger charge is 2.00. The molecule has 0 heterocycles. The molecule has 162 valence electrons. The first kappa shape index (κ1) is 27.3. The molecule has 0 atom stereocenters. The molecular formula is C24H41Cl2NO. The van der Waals surface area contributed by atoms with Gasteiger partial charge in [0.15, 0.2) is 0 Å². The second-order valence-electron chi connectivity index (χ2n) is 8.20. The second-order valence-corrected chi connectivity index (χ2v) is 8.55. The van der Waals surface area contributed by atoms with Crippen molar-refractivity contribution >= 4 is 34.9 Å². The number of nitrogens with one attached hydrogen (secondary N) is 1. The molecule has 0 aliphatic rings. The Bertz CT molecular complexity index is 488. The van der Waals surface area contributed by atoms with Crippen molar-refractivity contribution in [3.05, 3.63) is 29.8 Å². The summed E-state index contributed by atoms with van der Waals surface area (Å²) < 4.78 is 0. The number of rotatable bonds is 17. The van der Waals surface area contributed by atoms with E-state index in [-0.39, 0.29) is 12.4 Å². The number of hydrogen-bond acceptors (Lipinski definition) is 2. The first-order valence-electron chi connectivity index (χ1n) is 11.1. The number of unbranched alkanes of at least 4 members (excludes halogenated alkanes) is 11. The van der Waals surface area contributed by atoms with Gasteiger partial charge in [-0.1, -0.05) is 90.9 Å². The Morgan fingerprint density at radius 1 is 0.786 bits per heavy atom. The van der Waals surface area contributed by atoms with E-state index in [1.54, 1.807) is 12.1 Å². The number of carbonyl (C=O) groups is 1. The molecule has 0 saturated heterocycles. The molecular weight excluding hydrogens is 389 g/mol. The number of carbonyl (C=O) groups excluding carboxylic acids is 1. The molecule has 0 aliphatic carbocycles. The van der Waals surface area contributed by atoms with Crippen molar-refractivity contribution in [3.63, 3.8) is 0 Å². The Morgan fingerprint density at radius 3 is 1.64 bits per heavy atom. The lowest BCUT2D eigenvalue weighted by Crippen LogP contribution is -2.01. The fourth-order valence-electron chi connectivity index (χ4n) is 3.40. The molecule has 28 heavy (non-hydrogen) atoms. The number of halogens is 2. The maximum atomic E-state index is 11.0. The van der Waals surface area contributed by atoms with E-state index in [9.17, 15) is 4.79 Å². The third-order valence-corrected chi connectivity index (χ3v) is 5.37. The van der Waals surface area contributed by atoms with E-state index in [1.165, 1.54) is 83.5 Å². The van der Waals surface area contributed by atoms with Gasteiger partial charge in [0, 0.05) is 17.8 Å². The topological polar surface area (TPSA) is 29.1 Å². The molecule has 1 aromatic carbocycles. The Labute approximate surface area is 184 Å². The van der Waals surface area contributed by atoms with E-state index >= 15 is 0 Å². The summed E-state index contributed by atoms with van der Waals surface area (Å²) in [4.78, 5) is 11.0. The highest BCUT2D eigenvalue weighted by atomic mass is 35.5. The number of anilines is 1. The summed E-state index contributed by atoms with van der Waals surface area (Å²) >= 11 is 5.45. The Balaban J connectivity index is 0.00000729. The molecule has 2 nitrogen and oxygen atoms in total. The van der Waals surface area contributed by atoms with Gasteiger partial charge >= 0.3 is 0 Å². The van der Waals surface area contributed by atoms with Gasteiger partial charge in [0.2, 0.25) is 0 Å². The minimum Gasteiger partial charge on any atom is -0.385 e. The highest BCUT2D eigenvalue weighted by Crippen LogP contribution is 2.15. The second kappa shape index (κ2) is 18.3. The zero-order valence-corrected chi connectivity index (χ0v) is 19.6. The van der Waals surface area contributed by atoms with Crippen molar-refractivity contribution in [1.82, 2.24) is 0 Å². The molecule has 1 rings (SSSR count). The molecule has 0 aliphatic heterocycles. The predicted molar refractivity (Wildman–Crippen MR) is 127 cm³/mol. The van der Waals surface area contributed by atoms with E-state index < -0.39 is 5.24 Å². The van der Waals surface area contributed by atoms with Gasteiger partial charge in [-0.25, -0.2) is 0 Å². The lowest BCUT2D eigenvalue weighted by Gasteiger charge is -2.07. The number of benzene rings is 1. The lowest BCUT2D eigenvalue weighted by atomic mass is 10.0. The molecule has 1 N–H and O–H groups in total. The predicted octanol–water partition coefficient (Wildman–Crippen LogP) is 8.63. The van der Waals surface area contributed by atoms with Crippen LogP contribution in [0.2, 0.25) is 0 Å². The third kappa shape index (κ3) is 15.2. The average molecular weight is 431 g/mol. The Kier molecular flexibility index (Phi) is 17.8. The summed E-state index contributed by atoms with van der Waals surface area (Å²) in [5.74, 6) is 0.871.